The van der Waals surface area contributed by atoms with Crippen LogP contribution in [-0.4, -0.2) is 48.1 Å². The van der Waals surface area contributed by atoms with Gasteiger partial charge in [0.1, 0.15) is 5.82 Å². The molecule has 1 aliphatic carbocycles. The number of aryl methyl sites for hydroxylation is 1. The summed E-state index contributed by atoms with van der Waals surface area (Å²) in [4.78, 5) is 9.79. The van der Waals surface area contributed by atoms with Crippen LogP contribution >= 0.6 is 0 Å². The predicted molar refractivity (Wildman–Crippen MR) is 87.8 cm³/mol. The van der Waals surface area contributed by atoms with Crippen molar-refractivity contribution < 1.29 is 0 Å². The van der Waals surface area contributed by atoms with Gasteiger partial charge in [-0.15, -0.1) is 0 Å². The Hall–Kier alpha value is -1.13. The van der Waals surface area contributed by atoms with Crippen molar-refractivity contribution >= 4 is 5.82 Å². The Balaban J connectivity index is 1.59. The van der Waals surface area contributed by atoms with Gasteiger partial charge >= 0.3 is 0 Å². The fourth-order valence-corrected chi connectivity index (χ4v) is 2.95. The van der Waals surface area contributed by atoms with Crippen LogP contribution in [0, 0.1) is 6.92 Å². The lowest BCUT2D eigenvalue weighted by atomic mass is 10.2. The summed E-state index contributed by atoms with van der Waals surface area (Å²) >= 11 is 0. The number of anilines is 1. The molecule has 0 radical (unpaired) electrons. The van der Waals surface area contributed by atoms with E-state index in [1.54, 1.807) is 0 Å². The largest absolute Gasteiger partial charge is 0.354 e. The van der Waals surface area contributed by atoms with Gasteiger partial charge in [-0.3, -0.25) is 4.90 Å². The summed E-state index contributed by atoms with van der Waals surface area (Å²) in [5.74, 6) is 1.14. The smallest absolute Gasteiger partial charge is 0.128 e. The van der Waals surface area contributed by atoms with E-state index in [2.05, 4.69) is 48.0 Å². The van der Waals surface area contributed by atoms with Crippen LogP contribution in [0.25, 0.3) is 0 Å². The van der Waals surface area contributed by atoms with Crippen molar-refractivity contribution in [1.29, 1.82) is 0 Å². The summed E-state index contributed by atoms with van der Waals surface area (Å²) in [5.41, 5.74) is 2.51. The molecule has 0 aromatic carbocycles. The molecule has 21 heavy (non-hydrogen) atoms. The van der Waals surface area contributed by atoms with E-state index in [0.717, 1.165) is 44.6 Å². The van der Waals surface area contributed by atoms with Crippen LogP contribution in [0.5, 0.6) is 0 Å². The highest BCUT2D eigenvalue weighted by Gasteiger charge is 2.21. The highest BCUT2D eigenvalue weighted by Crippen LogP contribution is 2.21. The molecule has 1 aromatic heterocycles. The first-order chi connectivity index (χ1) is 10.1. The maximum Gasteiger partial charge on any atom is 0.128 e. The second-order valence-corrected chi connectivity index (χ2v) is 6.69. The number of piperazine rings is 1. The quantitative estimate of drug-likeness (QED) is 0.900. The summed E-state index contributed by atoms with van der Waals surface area (Å²) in [6, 6.07) is 5.86. The highest BCUT2D eigenvalue weighted by molar-refractivity contribution is 5.42. The Kier molecular flexibility index (Phi) is 4.45. The van der Waals surface area contributed by atoms with Crippen molar-refractivity contribution in [3.63, 3.8) is 0 Å². The minimum Gasteiger partial charge on any atom is -0.354 e. The number of hydrogen-bond acceptors (Lipinski definition) is 4. The third-order valence-electron chi connectivity index (χ3n) is 4.71. The fourth-order valence-electron chi connectivity index (χ4n) is 2.95. The molecule has 116 valence electrons. The first-order valence-corrected chi connectivity index (χ1v) is 8.32. The first kappa shape index (κ1) is 14.8. The molecule has 0 spiro atoms. The molecule has 0 unspecified atom stereocenters. The number of pyridine rings is 1. The Morgan fingerprint density at radius 2 is 1.90 bits per heavy atom. The summed E-state index contributed by atoms with van der Waals surface area (Å²) in [6.45, 7) is 12.1. The molecule has 1 saturated heterocycles. The van der Waals surface area contributed by atoms with Crippen molar-refractivity contribution in [1.82, 2.24) is 15.2 Å². The second-order valence-electron chi connectivity index (χ2n) is 6.69. The average molecular weight is 288 g/mol. The van der Waals surface area contributed by atoms with E-state index in [9.17, 15) is 0 Å². The van der Waals surface area contributed by atoms with Gasteiger partial charge in [-0.2, -0.15) is 0 Å². The van der Waals surface area contributed by atoms with E-state index >= 15 is 0 Å². The predicted octanol–water partition coefficient (Wildman–Crippen LogP) is 2.17. The van der Waals surface area contributed by atoms with Gasteiger partial charge in [-0.05, 0) is 45.2 Å². The summed E-state index contributed by atoms with van der Waals surface area (Å²) in [7, 11) is 0. The van der Waals surface area contributed by atoms with Crippen molar-refractivity contribution in [2.24, 2.45) is 0 Å². The van der Waals surface area contributed by atoms with Crippen LogP contribution in [0.15, 0.2) is 12.1 Å². The standard InChI is InChI=1S/C17H28N4/c1-13(2)20-8-10-21(11-9-20)17-7-4-15(14(3)19-17)12-18-16-5-6-16/h4,7,13,16,18H,5-6,8-12H2,1-3H3. The van der Waals surface area contributed by atoms with Crippen molar-refractivity contribution in [3.05, 3.63) is 23.4 Å². The Labute approximate surface area is 128 Å². The van der Waals surface area contributed by atoms with E-state index in [1.165, 1.54) is 24.1 Å². The van der Waals surface area contributed by atoms with Gasteiger partial charge in [0.2, 0.25) is 0 Å². The molecule has 2 aliphatic rings. The number of nitrogens with one attached hydrogen (secondary N) is 1. The number of rotatable bonds is 5. The van der Waals surface area contributed by atoms with Crippen LogP contribution in [0.2, 0.25) is 0 Å². The van der Waals surface area contributed by atoms with E-state index in [1.807, 2.05) is 0 Å². The Morgan fingerprint density at radius 1 is 1.19 bits per heavy atom. The lowest BCUT2D eigenvalue weighted by Crippen LogP contribution is -2.49. The molecule has 4 nitrogen and oxygen atoms in total. The van der Waals surface area contributed by atoms with Crippen molar-refractivity contribution in [3.8, 4) is 0 Å². The third-order valence-corrected chi connectivity index (χ3v) is 4.71. The van der Waals surface area contributed by atoms with E-state index in [4.69, 9.17) is 4.98 Å². The van der Waals surface area contributed by atoms with Crippen LogP contribution in [0.4, 0.5) is 5.82 Å². The van der Waals surface area contributed by atoms with Gasteiger partial charge in [0.15, 0.2) is 0 Å². The van der Waals surface area contributed by atoms with Gasteiger partial charge < -0.3 is 10.2 Å². The van der Waals surface area contributed by atoms with Crippen LogP contribution in [-0.2, 0) is 6.54 Å². The Morgan fingerprint density at radius 3 is 2.48 bits per heavy atom. The topological polar surface area (TPSA) is 31.4 Å². The SMILES string of the molecule is Cc1nc(N2CCN(C(C)C)CC2)ccc1CNC1CC1. The molecular weight excluding hydrogens is 260 g/mol. The van der Waals surface area contributed by atoms with Gasteiger partial charge in [-0.1, -0.05) is 6.07 Å². The number of aromatic nitrogens is 1. The molecule has 1 N–H and O–H groups in total. The molecule has 2 heterocycles. The van der Waals surface area contributed by atoms with Gasteiger partial charge in [0.05, 0.1) is 0 Å². The molecular formula is C17H28N4. The zero-order valence-corrected chi connectivity index (χ0v) is 13.6. The molecule has 0 amide bonds. The third kappa shape index (κ3) is 3.74. The normalized spacial score (nSPS) is 20.3. The zero-order chi connectivity index (χ0) is 14.8. The summed E-state index contributed by atoms with van der Waals surface area (Å²) in [6.07, 6.45) is 2.68. The second kappa shape index (κ2) is 6.32. The minimum atomic E-state index is 0.651. The first-order valence-electron chi connectivity index (χ1n) is 8.32. The van der Waals surface area contributed by atoms with Gasteiger partial charge in [0, 0.05) is 50.5 Å². The van der Waals surface area contributed by atoms with E-state index in [-0.39, 0.29) is 0 Å². The highest BCUT2D eigenvalue weighted by atomic mass is 15.3. The molecule has 1 saturated carbocycles. The Bertz CT molecular complexity index is 474. The van der Waals surface area contributed by atoms with Gasteiger partial charge in [0.25, 0.3) is 0 Å². The van der Waals surface area contributed by atoms with Crippen LogP contribution < -0.4 is 10.2 Å². The molecule has 4 heteroatoms. The van der Waals surface area contributed by atoms with Crippen LogP contribution in [0.3, 0.4) is 0 Å². The maximum atomic E-state index is 4.83. The molecule has 1 aromatic rings. The summed E-state index contributed by atoms with van der Waals surface area (Å²) < 4.78 is 0. The summed E-state index contributed by atoms with van der Waals surface area (Å²) in [5, 5.41) is 3.57. The molecule has 0 atom stereocenters. The van der Waals surface area contributed by atoms with E-state index < -0.39 is 0 Å². The number of hydrogen-bond donors (Lipinski definition) is 1. The zero-order valence-electron chi connectivity index (χ0n) is 13.6. The molecule has 3 rings (SSSR count). The molecule has 1 aliphatic heterocycles. The lowest BCUT2D eigenvalue weighted by molar-refractivity contribution is 0.209. The fraction of sp³-hybridized carbons (Fsp3) is 0.706. The minimum absolute atomic E-state index is 0.651. The lowest BCUT2D eigenvalue weighted by Gasteiger charge is -2.37. The monoisotopic (exact) mass is 288 g/mol. The average Bonchev–Trinajstić information content (AvgIpc) is 3.30. The van der Waals surface area contributed by atoms with Crippen molar-refractivity contribution in [2.45, 2.75) is 52.2 Å². The van der Waals surface area contributed by atoms with Crippen molar-refractivity contribution in [2.75, 3.05) is 31.1 Å². The van der Waals surface area contributed by atoms with Crippen LogP contribution in [0.1, 0.15) is 37.9 Å². The molecule has 0 bridgehead atoms. The van der Waals surface area contributed by atoms with Gasteiger partial charge in [-0.25, -0.2) is 4.98 Å². The molecule has 2 fully saturated rings. The van der Waals surface area contributed by atoms with E-state index in [0.29, 0.717) is 6.04 Å². The number of nitrogens with zero attached hydrogens (tertiary/aromatic N) is 3. The maximum absolute atomic E-state index is 4.83.